The minimum absolute atomic E-state index is 0.0488. The second kappa shape index (κ2) is 20.5. The fraction of sp³-hybridized carbons (Fsp3) is 0.452. The molecule has 0 radical (unpaired) electrons. The molecule has 0 spiro atoms. The molecule has 3 aliphatic rings. The Labute approximate surface area is 353 Å². The van der Waals surface area contributed by atoms with Crippen molar-refractivity contribution in [3.8, 4) is 5.75 Å². The van der Waals surface area contributed by atoms with Crippen LogP contribution >= 0.6 is 0 Å². The maximum absolute atomic E-state index is 13.3. The van der Waals surface area contributed by atoms with Gasteiger partial charge in [-0.3, -0.25) is 0 Å². The average Bonchev–Trinajstić information content (AvgIpc) is 3.55. The Morgan fingerprint density at radius 1 is 0.710 bits per heavy atom. The molecular weight excluding hydrogens is 824 g/mol. The summed E-state index contributed by atoms with van der Waals surface area (Å²) in [5, 5.41) is 94.8. The van der Waals surface area contributed by atoms with Crippen molar-refractivity contribution >= 4 is 24.0 Å². The molecule has 0 aromatic heterocycles. The summed E-state index contributed by atoms with van der Waals surface area (Å²) in [7, 11) is 0. The van der Waals surface area contributed by atoms with Crippen LogP contribution in [0, 0.1) is 0 Å². The number of esters is 3. The van der Waals surface area contributed by atoms with Gasteiger partial charge in [-0.2, -0.15) is 0 Å². The van der Waals surface area contributed by atoms with Gasteiger partial charge in [0.15, 0.2) is 18.5 Å². The van der Waals surface area contributed by atoms with E-state index in [4.69, 9.17) is 37.9 Å². The summed E-state index contributed by atoms with van der Waals surface area (Å²) in [6, 6.07) is 19.7. The monoisotopic (exact) mass is 872 g/mol. The van der Waals surface area contributed by atoms with Crippen molar-refractivity contribution in [1.29, 1.82) is 0 Å². The molecule has 9 N–H and O–H groups in total. The number of hydrogen-bond donors (Lipinski definition) is 9. The Morgan fingerprint density at radius 2 is 1.35 bits per heavy atom. The smallest absolute Gasteiger partial charge is 0.338 e. The van der Waals surface area contributed by atoms with Crippen LogP contribution < -0.4 is 4.74 Å². The number of ether oxygens (including phenoxy) is 8. The highest BCUT2D eigenvalue weighted by Gasteiger charge is 2.61. The van der Waals surface area contributed by atoms with Crippen LogP contribution in [0.5, 0.6) is 5.75 Å². The van der Waals surface area contributed by atoms with Crippen LogP contribution in [0.15, 0.2) is 84.9 Å². The summed E-state index contributed by atoms with van der Waals surface area (Å²) >= 11 is 0. The summed E-state index contributed by atoms with van der Waals surface area (Å²) in [5.41, 5.74) is 0.709. The zero-order chi connectivity index (χ0) is 44.7. The molecule has 3 fully saturated rings. The van der Waals surface area contributed by atoms with Gasteiger partial charge in [-0.1, -0.05) is 42.5 Å². The number of rotatable bonds is 15. The topological polar surface area (TPSA) is 307 Å². The van der Waals surface area contributed by atoms with E-state index in [2.05, 4.69) is 0 Å². The Bertz CT molecular complexity index is 2000. The molecule has 0 amide bonds. The third-order valence-electron chi connectivity index (χ3n) is 10.4. The van der Waals surface area contributed by atoms with Gasteiger partial charge < -0.3 is 83.9 Å². The predicted octanol–water partition coefficient (Wildman–Crippen LogP) is -1.70. The highest BCUT2D eigenvalue weighted by molar-refractivity contribution is 5.90. The van der Waals surface area contributed by atoms with Gasteiger partial charge in [0.25, 0.3) is 0 Å². The predicted molar refractivity (Wildman–Crippen MR) is 206 cm³/mol. The molecule has 0 aliphatic carbocycles. The molecular formula is C42H48O20. The van der Waals surface area contributed by atoms with Crippen LogP contribution in [0.4, 0.5) is 0 Å². The first-order valence-corrected chi connectivity index (χ1v) is 19.4. The average molecular weight is 873 g/mol. The Morgan fingerprint density at radius 3 is 1.98 bits per heavy atom. The lowest BCUT2D eigenvalue weighted by atomic mass is 9.98. The van der Waals surface area contributed by atoms with E-state index in [1.165, 1.54) is 55.5 Å². The third-order valence-corrected chi connectivity index (χ3v) is 10.4. The minimum Gasteiger partial charge on any atom is -0.462 e. The molecule has 6 rings (SSSR count). The number of carbonyl (C=O) groups is 3. The van der Waals surface area contributed by atoms with E-state index in [-0.39, 0.29) is 22.4 Å². The molecule has 62 heavy (non-hydrogen) atoms. The Kier molecular flexibility index (Phi) is 15.4. The van der Waals surface area contributed by atoms with Crippen molar-refractivity contribution in [3.05, 3.63) is 107 Å². The van der Waals surface area contributed by atoms with Crippen molar-refractivity contribution in [2.24, 2.45) is 0 Å². The number of carbonyl (C=O) groups excluding carboxylic acids is 3. The van der Waals surface area contributed by atoms with Gasteiger partial charge in [0.2, 0.25) is 12.1 Å². The van der Waals surface area contributed by atoms with Crippen LogP contribution in [-0.2, 0) is 44.6 Å². The lowest BCUT2D eigenvalue weighted by Crippen LogP contribution is -2.64. The Hall–Kier alpha value is -4.91. The van der Waals surface area contributed by atoms with Crippen molar-refractivity contribution in [2.45, 2.75) is 99.0 Å². The molecule has 336 valence electrons. The van der Waals surface area contributed by atoms with Crippen LogP contribution in [0.25, 0.3) is 6.08 Å². The molecule has 20 heteroatoms. The molecule has 3 aromatic rings. The summed E-state index contributed by atoms with van der Waals surface area (Å²) in [6.45, 7) is -1.84. The standard InChI is InChI=1S/C42H48O20/c1-21-30(47)32(49)34(51)40(56-21)57-26-14-12-22(16-25(26)17-43)13-15-29(46)59-37-31(48)27(18-44)61-42(37,20-45)62-41-35(52)33(50)36(60-39(54)24-10-6-3-7-11-24)28(58-41)19-55-38(53)23-8-4-2-5-9-23/h2-16,21,27-28,30-37,40-41,43-45,47-52H,17-20H2,1H3/t21-,27+,28-,30-,31-,32+,33-,34-,35-,36-,37-,40+,41+,42+/m0/s1. The lowest BCUT2D eigenvalue weighted by Gasteiger charge is -2.44. The first kappa shape index (κ1) is 46.6. The zero-order valence-electron chi connectivity index (χ0n) is 33.0. The largest absolute Gasteiger partial charge is 0.462 e. The lowest BCUT2D eigenvalue weighted by molar-refractivity contribution is -0.383. The number of aliphatic hydroxyl groups excluding tert-OH is 9. The molecule has 3 aromatic carbocycles. The van der Waals surface area contributed by atoms with E-state index >= 15 is 0 Å². The van der Waals surface area contributed by atoms with Gasteiger partial charge in [0.05, 0.1) is 30.4 Å². The third kappa shape index (κ3) is 10.3. The Balaban J connectivity index is 1.18. The van der Waals surface area contributed by atoms with E-state index in [1.807, 2.05) is 0 Å². The van der Waals surface area contributed by atoms with Crippen LogP contribution in [0.2, 0.25) is 0 Å². The molecule has 0 saturated carbocycles. The summed E-state index contributed by atoms with van der Waals surface area (Å²) < 4.78 is 45.0. The molecule has 3 aliphatic heterocycles. The van der Waals surface area contributed by atoms with Crippen molar-refractivity contribution in [2.75, 3.05) is 19.8 Å². The molecule has 0 bridgehead atoms. The highest BCUT2D eigenvalue weighted by Crippen LogP contribution is 2.39. The van der Waals surface area contributed by atoms with Crippen LogP contribution in [0.3, 0.4) is 0 Å². The van der Waals surface area contributed by atoms with E-state index in [1.54, 1.807) is 36.4 Å². The normalized spacial score (nSPS) is 33.5. The van der Waals surface area contributed by atoms with Crippen molar-refractivity contribution in [1.82, 2.24) is 0 Å². The van der Waals surface area contributed by atoms with E-state index in [0.717, 1.165) is 6.08 Å². The van der Waals surface area contributed by atoms with Gasteiger partial charge in [-0.05, 0) is 55.0 Å². The van der Waals surface area contributed by atoms with E-state index in [0.29, 0.717) is 5.56 Å². The first-order chi connectivity index (χ1) is 29.7. The number of hydrogen-bond acceptors (Lipinski definition) is 20. The van der Waals surface area contributed by atoms with Gasteiger partial charge >= 0.3 is 17.9 Å². The van der Waals surface area contributed by atoms with Gasteiger partial charge in [-0.15, -0.1) is 0 Å². The van der Waals surface area contributed by atoms with Gasteiger partial charge in [0.1, 0.15) is 67.8 Å². The fourth-order valence-electron chi connectivity index (χ4n) is 6.98. The van der Waals surface area contributed by atoms with Crippen molar-refractivity contribution < 1.29 is 98.2 Å². The van der Waals surface area contributed by atoms with Crippen LogP contribution in [0.1, 0.15) is 38.8 Å². The summed E-state index contributed by atoms with van der Waals surface area (Å²) in [6.07, 6.45) is -19.3. The molecule has 20 nitrogen and oxygen atoms in total. The number of aliphatic hydroxyl groups is 9. The summed E-state index contributed by atoms with van der Waals surface area (Å²) in [4.78, 5) is 39.2. The van der Waals surface area contributed by atoms with Gasteiger partial charge in [-0.25, -0.2) is 14.4 Å². The maximum Gasteiger partial charge on any atom is 0.338 e. The molecule has 3 heterocycles. The van der Waals surface area contributed by atoms with Crippen molar-refractivity contribution in [3.63, 3.8) is 0 Å². The molecule has 3 saturated heterocycles. The molecule has 14 atom stereocenters. The second-order valence-corrected chi connectivity index (χ2v) is 14.7. The SMILES string of the molecule is C[C@@H]1O[C@H](Oc2ccc(C=CC(=O)O[C@H]3[C@@H](O)[C@@H](CO)O[C@]3(CO)O[C@H]3O[C@@H](COC(=O)c4ccccc4)[C@H](OC(=O)c4ccccc4)[C@@H](O)[C@@H]3O)cc2CO)[C@@H](O)[C@H](O)[C@H]1O. The maximum atomic E-state index is 13.3. The zero-order valence-corrected chi connectivity index (χ0v) is 33.0. The molecule has 0 unspecified atom stereocenters. The quantitative estimate of drug-likeness (QED) is 0.0467. The summed E-state index contributed by atoms with van der Waals surface area (Å²) in [5.74, 6) is -5.41. The van der Waals surface area contributed by atoms with E-state index < -0.39 is 130 Å². The minimum atomic E-state index is -2.57. The second-order valence-electron chi connectivity index (χ2n) is 14.7. The fourth-order valence-corrected chi connectivity index (χ4v) is 6.98. The number of benzene rings is 3. The van der Waals surface area contributed by atoms with Gasteiger partial charge in [0, 0.05) is 11.6 Å². The highest BCUT2D eigenvalue weighted by atomic mass is 16.8. The first-order valence-electron chi connectivity index (χ1n) is 19.4. The van der Waals surface area contributed by atoms with Crippen LogP contribution in [-0.4, -0.2) is 169 Å². The van der Waals surface area contributed by atoms with E-state index in [9.17, 15) is 60.3 Å².